The van der Waals surface area contributed by atoms with Crippen LogP contribution in [0.15, 0.2) is 18.2 Å². The lowest BCUT2D eigenvalue weighted by molar-refractivity contribution is 0.270. The van der Waals surface area contributed by atoms with Crippen molar-refractivity contribution in [2.45, 2.75) is 13.8 Å². The molecule has 1 unspecified atom stereocenters. The molecule has 0 aromatic heterocycles. The maximum absolute atomic E-state index is 12.8. The maximum Gasteiger partial charge on any atom is 0.126 e. The molecule has 0 spiro atoms. The summed E-state index contributed by atoms with van der Waals surface area (Å²) in [5, 5.41) is 0. The Hall–Kier alpha value is -0.760. The van der Waals surface area contributed by atoms with Crippen LogP contribution in [0.4, 0.5) is 4.39 Å². The molecule has 0 aliphatic heterocycles. The van der Waals surface area contributed by atoms with Crippen molar-refractivity contribution in [1.29, 1.82) is 0 Å². The molecular formula is C11H14ClFO. The van der Waals surface area contributed by atoms with Gasteiger partial charge in [0, 0.05) is 17.9 Å². The van der Waals surface area contributed by atoms with Gasteiger partial charge in [0.15, 0.2) is 0 Å². The van der Waals surface area contributed by atoms with Crippen LogP contribution in [0.1, 0.15) is 12.5 Å². The fourth-order valence-electron chi connectivity index (χ4n) is 1.01. The summed E-state index contributed by atoms with van der Waals surface area (Å²) in [6.07, 6.45) is 0. The van der Waals surface area contributed by atoms with E-state index < -0.39 is 0 Å². The van der Waals surface area contributed by atoms with Crippen LogP contribution < -0.4 is 4.74 Å². The van der Waals surface area contributed by atoms with E-state index in [4.69, 9.17) is 16.3 Å². The Labute approximate surface area is 88.8 Å². The number of aryl methyl sites for hydroxylation is 1. The van der Waals surface area contributed by atoms with E-state index in [2.05, 4.69) is 0 Å². The van der Waals surface area contributed by atoms with Gasteiger partial charge in [-0.3, -0.25) is 0 Å². The van der Waals surface area contributed by atoms with Crippen LogP contribution in [-0.4, -0.2) is 12.5 Å². The Morgan fingerprint density at radius 3 is 2.86 bits per heavy atom. The van der Waals surface area contributed by atoms with Crippen molar-refractivity contribution >= 4 is 11.6 Å². The predicted molar refractivity (Wildman–Crippen MR) is 56.5 cm³/mol. The minimum Gasteiger partial charge on any atom is -0.493 e. The molecule has 0 saturated carbocycles. The third kappa shape index (κ3) is 3.18. The molecule has 0 N–H and O–H groups in total. The third-order valence-corrected chi connectivity index (χ3v) is 2.46. The lowest BCUT2D eigenvalue weighted by Crippen LogP contribution is -2.10. The average molecular weight is 217 g/mol. The van der Waals surface area contributed by atoms with Crippen molar-refractivity contribution in [2.75, 3.05) is 12.5 Å². The Kier molecular flexibility index (Phi) is 4.21. The van der Waals surface area contributed by atoms with E-state index in [-0.39, 0.29) is 11.7 Å². The summed E-state index contributed by atoms with van der Waals surface area (Å²) in [6.45, 7) is 4.40. The average Bonchev–Trinajstić information content (AvgIpc) is 2.19. The molecule has 14 heavy (non-hydrogen) atoms. The zero-order valence-electron chi connectivity index (χ0n) is 8.39. The number of hydrogen-bond donors (Lipinski definition) is 0. The number of ether oxygens (including phenoxy) is 1. The molecule has 0 aliphatic carbocycles. The Bertz CT molecular complexity index is 301. The van der Waals surface area contributed by atoms with Gasteiger partial charge in [-0.25, -0.2) is 4.39 Å². The molecule has 78 valence electrons. The molecule has 1 aromatic rings. The Balaban J connectivity index is 2.62. The van der Waals surface area contributed by atoms with Gasteiger partial charge in [-0.05, 0) is 18.6 Å². The predicted octanol–water partition coefficient (Wildman–Crippen LogP) is 3.39. The lowest BCUT2D eigenvalue weighted by Gasteiger charge is -2.12. The molecule has 1 atom stereocenters. The molecule has 0 fully saturated rings. The van der Waals surface area contributed by atoms with Crippen LogP contribution in [0.2, 0.25) is 0 Å². The highest BCUT2D eigenvalue weighted by molar-refractivity contribution is 6.18. The topological polar surface area (TPSA) is 9.23 Å². The first-order valence-electron chi connectivity index (χ1n) is 4.58. The van der Waals surface area contributed by atoms with E-state index >= 15 is 0 Å². The highest BCUT2D eigenvalue weighted by Gasteiger charge is 2.04. The van der Waals surface area contributed by atoms with Gasteiger partial charge in [0.25, 0.3) is 0 Å². The fourth-order valence-corrected chi connectivity index (χ4v) is 1.10. The van der Waals surface area contributed by atoms with E-state index in [0.29, 0.717) is 18.2 Å². The maximum atomic E-state index is 12.8. The number of rotatable bonds is 4. The van der Waals surface area contributed by atoms with Gasteiger partial charge in [0.05, 0.1) is 6.61 Å². The van der Waals surface area contributed by atoms with Gasteiger partial charge >= 0.3 is 0 Å². The standard InChI is InChI=1S/C11H14ClFO/c1-8(6-12)7-14-11-5-10(13)4-3-9(11)2/h3-5,8H,6-7H2,1-2H3. The number of halogens is 2. The van der Waals surface area contributed by atoms with Gasteiger partial charge in [-0.2, -0.15) is 0 Å². The molecule has 0 heterocycles. The van der Waals surface area contributed by atoms with Crippen LogP contribution in [0.3, 0.4) is 0 Å². The first-order valence-corrected chi connectivity index (χ1v) is 5.12. The molecule has 1 rings (SSSR count). The first-order chi connectivity index (χ1) is 6.63. The second-order valence-corrected chi connectivity index (χ2v) is 3.79. The highest BCUT2D eigenvalue weighted by Crippen LogP contribution is 2.19. The molecule has 3 heteroatoms. The molecule has 1 aromatic carbocycles. The summed E-state index contributed by atoms with van der Waals surface area (Å²) in [5.74, 6) is 1.15. The molecule has 0 amide bonds. The molecule has 0 saturated heterocycles. The summed E-state index contributed by atoms with van der Waals surface area (Å²) >= 11 is 5.64. The van der Waals surface area contributed by atoms with Gasteiger partial charge in [-0.1, -0.05) is 13.0 Å². The summed E-state index contributed by atoms with van der Waals surface area (Å²) < 4.78 is 18.3. The van der Waals surface area contributed by atoms with Gasteiger partial charge in [0.2, 0.25) is 0 Å². The van der Waals surface area contributed by atoms with Crippen molar-refractivity contribution in [2.24, 2.45) is 5.92 Å². The summed E-state index contributed by atoms with van der Waals surface area (Å²) in [6, 6.07) is 4.53. The highest BCUT2D eigenvalue weighted by atomic mass is 35.5. The first kappa shape index (κ1) is 11.3. The SMILES string of the molecule is Cc1ccc(F)cc1OCC(C)CCl. The van der Waals surface area contributed by atoms with Crippen LogP contribution in [-0.2, 0) is 0 Å². The second kappa shape index (κ2) is 5.20. The molecular weight excluding hydrogens is 203 g/mol. The summed E-state index contributed by atoms with van der Waals surface area (Å²) in [7, 11) is 0. The Morgan fingerprint density at radius 1 is 1.50 bits per heavy atom. The summed E-state index contributed by atoms with van der Waals surface area (Å²) in [5.41, 5.74) is 0.938. The minimum absolute atomic E-state index is 0.274. The molecule has 0 radical (unpaired) electrons. The second-order valence-electron chi connectivity index (χ2n) is 3.48. The van der Waals surface area contributed by atoms with Crippen LogP contribution in [0.25, 0.3) is 0 Å². The van der Waals surface area contributed by atoms with Gasteiger partial charge in [-0.15, -0.1) is 11.6 Å². The summed E-state index contributed by atoms with van der Waals surface area (Å²) in [4.78, 5) is 0. The third-order valence-electron chi connectivity index (χ3n) is 1.94. The fraction of sp³-hybridized carbons (Fsp3) is 0.455. The van der Waals surface area contributed by atoms with E-state index in [1.54, 1.807) is 6.07 Å². The molecule has 0 aliphatic rings. The largest absolute Gasteiger partial charge is 0.493 e. The number of hydrogen-bond acceptors (Lipinski definition) is 1. The van der Waals surface area contributed by atoms with E-state index in [1.807, 2.05) is 13.8 Å². The zero-order chi connectivity index (χ0) is 10.6. The monoisotopic (exact) mass is 216 g/mol. The Morgan fingerprint density at radius 2 is 2.21 bits per heavy atom. The lowest BCUT2D eigenvalue weighted by atomic mass is 10.2. The van der Waals surface area contributed by atoms with Crippen LogP contribution in [0.5, 0.6) is 5.75 Å². The van der Waals surface area contributed by atoms with Crippen LogP contribution >= 0.6 is 11.6 Å². The van der Waals surface area contributed by atoms with Crippen LogP contribution in [0, 0.1) is 18.7 Å². The van der Waals surface area contributed by atoms with Crippen molar-refractivity contribution in [1.82, 2.24) is 0 Å². The minimum atomic E-state index is -0.274. The van der Waals surface area contributed by atoms with Gasteiger partial charge in [0.1, 0.15) is 11.6 Å². The quantitative estimate of drug-likeness (QED) is 0.701. The molecule has 1 nitrogen and oxygen atoms in total. The number of alkyl halides is 1. The molecule has 0 bridgehead atoms. The normalized spacial score (nSPS) is 12.6. The van der Waals surface area contributed by atoms with Crippen molar-refractivity contribution in [3.8, 4) is 5.75 Å². The van der Waals surface area contributed by atoms with Gasteiger partial charge < -0.3 is 4.74 Å². The van der Waals surface area contributed by atoms with Crippen molar-refractivity contribution in [3.63, 3.8) is 0 Å². The van der Waals surface area contributed by atoms with E-state index in [1.165, 1.54) is 12.1 Å². The van der Waals surface area contributed by atoms with E-state index in [9.17, 15) is 4.39 Å². The smallest absolute Gasteiger partial charge is 0.126 e. The van der Waals surface area contributed by atoms with Crippen molar-refractivity contribution < 1.29 is 9.13 Å². The van der Waals surface area contributed by atoms with Crippen molar-refractivity contribution in [3.05, 3.63) is 29.6 Å². The van der Waals surface area contributed by atoms with E-state index in [0.717, 1.165) is 5.56 Å². The zero-order valence-corrected chi connectivity index (χ0v) is 9.14. The number of benzene rings is 1.